The average molecular weight is 267 g/mol. The van der Waals surface area contributed by atoms with E-state index in [4.69, 9.17) is 0 Å². The smallest absolute Gasteiger partial charge is 0.0513 e. The molecule has 0 saturated heterocycles. The van der Waals surface area contributed by atoms with Crippen LogP contribution in [-0.2, 0) is 0 Å². The summed E-state index contributed by atoms with van der Waals surface area (Å²) in [4.78, 5) is 0. The van der Waals surface area contributed by atoms with Gasteiger partial charge in [-0.1, -0.05) is 69.7 Å². The molecule has 0 amide bonds. The molecule has 2 aromatic carbocycles. The second-order valence-corrected chi connectivity index (χ2v) is 5.67. The fourth-order valence-corrected chi connectivity index (χ4v) is 2.46. The number of rotatable bonds is 6. The van der Waals surface area contributed by atoms with Crippen LogP contribution in [0.4, 0.5) is 5.69 Å². The minimum Gasteiger partial charge on any atom is -0.378 e. The van der Waals surface area contributed by atoms with Crippen molar-refractivity contribution in [1.29, 1.82) is 0 Å². The fourth-order valence-electron chi connectivity index (χ4n) is 2.46. The van der Waals surface area contributed by atoms with Crippen molar-refractivity contribution in [2.24, 2.45) is 0 Å². The first-order valence-electron chi connectivity index (χ1n) is 7.62. The highest BCUT2D eigenvalue weighted by Gasteiger charge is 2.10. The summed E-state index contributed by atoms with van der Waals surface area (Å²) in [5, 5.41) is 3.66. The molecular weight excluding hydrogens is 242 g/mol. The summed E-state index contributed by atoms with van der Waals surface area (Å²) in [6.07, 6.45) is 2.33. The molecule has 20 heavy (non-hydrogen) atoms. The Kier molecular flexibility index (Phi) is 5.23. The maximum absolute atomic E-state index is 3.66. The van der Waals surface area contributed by atoms with Gasteiger partial charge in [-0.2, -0.15) is 0 Å². The van der Waals surface area contributed by atoms with Crippen LogP contribution in [0.2, 0.25) is 0 Å². The van der Waals surface area contributed by atoms with Crippen molar-refractivity contribution in [3.05, 3.63) is 65.7 Å². The Morgan fingerprint density at radius 1 is 0.850 bits per heavy atom. The molecule has 0 aliphatic carbocycles. The van der Waals surface area contributed by atoms with Gasteiger partial charge in [0.25, 0.3) is 0 Å². The van der Waals surface area contributed by atoms with Crippen LogP contribution in [-0.4, -0.2) is 0 Å². The van der Waals surface area contributed by atoms with Crippen molar-refractivity contribution in [2.45, 2.75) is 45.6 Å². The van der Waals surface area contributed by atoms with Crippen LogP contribution in [0.3, 0.4) is 0 Å². The average Bonchev–Trinajstić information content (AvgIpc) is 2.48. The molecule has 1 nitrogen and oxygen atoms in total. The molecule has 0 heterocycles. The molecule has 0 aromatic heterocycles. The first kappa shape index (κ1) is 14.6. The monoisotopic (exact) mass is 267 g/mol. The molecule has 0 bridgehead atoms. The second kappa shape index (κ2) is 7.14. The Morgan fingerprint density at radius 2 is 1.50 bits per heavy atom. The van der Waals surface area contributed by atoms with E-state index in [1.165, 1.54) is 23.2 Å². The van der Waals surface area contributed by atoms with Gasteiger partial charge >= 0.3 is 0 Å². The molecule has 1 unspecified atom stereocenters. The van der Waals surface area contributed by atoms with E-state index in [1.54, 1.807) is 0 Å². The van der Waals surface area contributed by atoms with Crippen molar-refractivity contribution in [1.82, 2.24) is 0 Å². The molecule has 1 N–H and O–H groups in total. The van der Waals surface area contributed by atoms with Gasteiger partial charge in [-0.05, 0) is 35.6 Å². The zero-order valence-electron chi connectivity index (χ0n) is 12.8. The Labute approximate surface area is 123 Å². The van der Waals surface area contributed by atoms with Gasteiger partial charge in [0.15, 0.2) is 0 Å². The van der Waals surface area contributed by atoms with Gasteiger partial charge in [0.1, 0.15) is 0 Å². The van der Waals surface area contributed by atoms with Gasteiger partial charge in [-0.15, -0.1) is 0 Å². The molecule has 0 fully saturated rings. The maximum Gasteiger partial charge on any atom is 0.0513 e. The Hall–Kier alpha value is -1.76. The Balaban J connectivity index is 2.12. The molecule has 2 rings (SSSR count). The lowest BCUT2D eigenvalue weighted by Crippen LogP contribution is -2.10. The quantitative estimate of drug-likeness (QED) is 0.701. The summed E-state index contributed by atoms with van der Waals surface area (Å²) >= 11 is 0. The van der Waals surface area contributed by atoms with Gasteiger partial charge < -0.3 is 5.32 Å². The van der Waals surface area contributed by atoms with Gasteiger partial charge in [-0.3, -0.25) is 0 Å². The normalized spacial score (nSPS) is 12.4. The summed E-state index contributed by atoms with van der Waals surface area (Å²) < 4.78 is 0. The number of benzene rings is 2. The lowest BCUT2D eigenvalue weighted by atomic mass is 10.0. The molecule has 0 aliphatic heterocycles. The summed E-state index contributed by atoms with van der Waals surface area (Å²) in [5.41, 5.74) is 3.96. The minimum absolute atomic E-state index is 0.395. The molecule has 1 atom stereocenters. The zero-order chi connectivity index (χ0) is 14.4. The zero-order valence-corrected chi connectivity index (χ0v) is 12.8. The highest BCUT2D eigenvalue weighted by molar-refractivity contribution is 5.47. The highest BCUT2D eigenvalue weighted by atomic mass is 14.9. The SMILES string of the molecule is CCCC(Nc1ccc(C(C)C)cc1)c1ccccc1. The number of hydrogen-bond donors (Lipinski definition) is 1. The molecular formula is C19H25N. The van der Waals surface area contributed by atoms with E-state index in [2.05, 4.69) is 80.7 Å². The summed E-state index contributed by atoms with van der Waals surface area (Å²) in [6.45, 7) is 6.69. The number of nitrogens with one attached hydrogen (secondary N) is 1. The summed E-state index contributed by atoms with van der Waals surface area (Å²) in [5.74, 6) is 0.588. The van der Waals surface area contributed by atoms with Gasteiger partial charge in [0.05, 0.1) is 6.04 Å². The lowest BCUT2D eigenvalue weighted by molar-refractivity contribution is 0.677. The van der Waals surface area contributed by atoms with E-state index < -0.39 is 0 Å². The van der Waals surface area contributed by atoms with E-state index in [-0.39, 0.29) is 0 Å². The summed E-state index contributed by atoms with van der Waals surface area (Å²) in [6, 6.07) is 19.9. The topological polar surface area (TPSA) is 12.0 Å². The molecule has 0 radical (unpaired) electrons. The van der Waals surface area contributed by atoms with Gasteiger partial charge in [0.2, 0.25) is 0 Å². The van der Waals surface area contributed by atoms with E-state index >= 15 is 0 Å². The minimum atomic E-state index is 0.395. The number of anilines is 1. The van der Waals surface area contributed by atoms with Crippen molar-refractivity contribution >= 4 is 5.69 Å². The van der Waals surface area contributed by atoms with E-state index in [1.807, 2.05) is 0 Å². The van der Waals surface area contributed by atoms with Crippen LogP contribution in [0, 0.1) is 0 Å². The van der Waals surface area contributed by atoms with E-state index in [0.717, 1.165) is 6.42 Å². The maximum atomic E-state index is 3.66. The van der Waals surface area contributed by atoms with Gasteiger partial charge in [-0.25, -0.2) is 0 Å². The first-order valence-corrected chi connectivity index (χ1v) is 7.62. The third-order valence-electron chi connectivity index (χ3n) is 3.70. The second-order valence-electron chi connectivity index (χ2n) is 5.67. The third-order valence-corrected chi connectivity index (χ3v) is 3.70. The van der Waals surface area contributed by atoms with Crippen LogP contribution in [0.5, 0.6) is 0 Å². The Bertz CT molecular complexity index is 499. The standard InChI is InChI=1S/C19H25N/c1-4-8-19(17-9-6-5-7-10-17)20-18-13-11-16(12-14-18)15(2)3/h5-7,9-15,19-20H,4,8H2,1-3H3. The largest absolute Gasteiger partial charge is 0.378 e. The molecule has 0 spiro atoms. The first-order chi connectivity index (χ1) is 9.70. The van der Waals surface area contributed by atoms with Crippen molar-refractivity contribution in [3.8, 4) is 0 Å². The summed E-state index contributed by atoms with van der Waals surface area (Å²) in [7, 11) is 0. The molecule has 1 heteroatoms. The lowest BCUT2D eigenvalue weighted by Gasteiger charge is -2.20. The Morgan fingerprint density at radius 3 is 2.05 bits per heavy atom. The fraction of sp³-hybridized carbons (Fsp3) is 0.368. The van der Waals surface area contributed by atoms with Crippen LogP contribution < -0.4 is 5.32 Å². The van der Waals surface area contributed by atoms with E-state index in [0.29, 0.717) is 12.0 Å². The van der Waals surface area contributed by atoms with Crippen LogP contribution in [0.15, 0.2) is 54.6 Å². The van der Waals surface area contributed by atoms with Crippen molar-refractivity contribution in [2.75, 3.05) is 5.32 Å². The predicted octanol–water partition coefficient (Wildman–Crippen LogP) is 5.76. The van der Waals surface area contributed by atoms with Crippen LogP contribution in [0.1, 0.15) is 56.7 Å². The van der Waals surface area contributed by atoms with Crippen LogP contribution in [0.25, 0.3) is 0 Å². The van der Waals surface area contributed by atoms with E-state index in [9.17, 15) is 0 Å². The van der Waals surface area contributed by atoms with Crippen LogP contribution >= 0.6 is 0 Å². The van der Waals surface area contributed by atoms with Crippen molar-refractivity contribution in [3.63, 3.8) is 0 Å². The van der Waals surface area contributed by atoms with Gasteiger partial charge in [0, 0.05) is 5.69 Å². The number of hydrogen-bond acceptors (Lipinski definition) is 1. The highest BCUT2D eigenvalue weighted by Crippen LogP contribution is 2.25. The predicted molar refractivity (Wildman–Crippen MR) is 88.2 cm³/mol. The third kappa shape index (κ3) is 3.86. The van der Waals surface area contributed by atoms with Crippen molar-refractivity contribution < 1.29 is 0 Å². The molecule has 2 aromatic rings. The molecule has 106 valence electrons. The molecule has 0 aliphatic rings. The molecule has 0 saturated carbocycles.